The molecule has 0 aliphatic rings. The van der Waals surface area contributed by atoms with Gasteiger partial charge in [0.1, 0.15) is 0 Å². The molecule has 0 radical (unpaired) electrons. The molecule has 0 bridgehead atoms. The highest BCUT2D eigenvalue weighted by Gasteiger charge is 2.04. The highest BCUT2D eigenvalue weighted by molar-refractivity contribution is 5.75. The number of amides is 1. The van der Waals surface area contributed by atoms with E-state index in [1.165, 1.54) is 7.11 Å². The summed E-state index contributed by atoms with van der Waals surface area (Å²) >= 11 is 0. The number of hydrogen-bond donors (Lipinski definition) is 2. The topological polar surface area (TPSA) is 58.6 Å². The van der Waals surface area contributed by atoms with Crippen LogP contribution in [0.1, 0.15) is 44.6 Å². The predicted molar refractivity (Wildman–Crippen MR) is 83.0 cm³/mol. The van der Waals surface area contributed by atoms with E-state index in [9.17, 15) is 9.90 Å². The number of rotatable bonds is 7. The van der Waals surface area contributed by atoms with Crippen molar-refractivity contribution in [2.45, 2.75) is 45.6 Å². The van der Waals surface area contributed by atoms with Gasteiger partial charge in [0, 0.05) is 25.8 Å². The molecular weight excluding hydrogens is 266 g/mol. The van der Waals surface area contributed by atoms with Crippen LogP contribution in [0.2, 0.25) is 0 Å². The van der Waals surface area contributed by atoms with Crippen LogP contribution in [-0.4, -0.2) is 18.1 Å². The highest BCUT2D eigenvalue weighted by atomic mass is 16.5. The Balaban J connectivity index is 2.26. The molecule has 0 aliphatic heterocycles. The number of carbonyl (C=O) groups is 1. The maximum atomic E-state index is 11.7. The molecular formula is C17H23NO3. The van der Waals surface area contributed by atoms with Gasteiger partial charge < -0.3 is 15.2 Å². The lowest BCUT2D eigenvalue weighted by Gasteiger charge is -2.08. The largest absolute Gasteiger partial charge is 0.504 e. The van der Waals surface area contributed by atoms with Gasteiger partial charge in [-0.25, -0.2) is 0 Å². The van der Waals surface area contributed by atoms with E-state index in [1.807, 2.05) is 6.92 Å². The summed E-state index contributed by atoms with van der Waals surface area (Å²) in [6.07, 6.45) is 4.06. The van der Waals surface area contributed by atoms with Crippen molar-refractivity contribution in [2.24, 2.45) is 0 Å². The number of phenols is 1. The van der Waals surface area contributed by atoms with Crippen LogP contribution in [-0.2, 0) is 11.3 Å². The van der Waals surface area contributed by atoms with Gasteiger partial charge in [-0.3, -0.25) is 4.79 Å². The number of methoxy groups -OCH3 is 1. The molecule has 0 atom stereocenters. The number of phenolic OH excluding ortho intramolecular Hbond substituents is 1. The molecule has 2 N–H and O–H groups in total. The zero-order valence-electron chi connectivity index (χ0n) is 12.7. The molecule has 0 aromatic heterocycles. The fraction of sp³-hybridized carbons (Fsp3) is 0.471. The molecule has 0 saturated heterocycles. The number of ether oxygens (including phenoxy) is 1. The molecule has 1 rings (SSSR count). The van der Waals surface area contributed by atoms with Crippen LogP contribution in [0, 0.1) is 11.8 Å². The summed E-state index contributed by atoms with van der Waals surface area (Å²) in [5, 5.41) is 12.4. The molecule has 0 fully saturated rings. The van der Waals surface area contributed by atoms with Crippen LogP contribution in [0.5, 0.6) is 11.5 Å². The Kier molecular flexibility index (Phi) is 7.81. The number of nitrogens with one attached hydrogen (secondary N) is 1. The van der Waals surface area contributed by atoms with Gasteiger partial charge in [-0.05, 0) is 30.5 Å². The Morgan fingerprint density at radius 2 is 2.14 bits per heavy atom. The van der Waals surface area contributed by atoms with Crippen LogP contribution in [0.4, 0.5) is 0 Å². The fourth-order valence-corrected chi connectivity index (χ4v) is 1.83. The molecule has 0 unspecified atom stereocenters. The fourth-order valence-electron chi connectivity index (χ4n) is 1.83. The molecule has 4 heteroatoms. The van der Waals surface area contributed by atoms with E-state index >= 15 is 0 Å². The quantitative estimate of drug-likeness (QED) is 0.599. The minimum absolute atomic E-state index is 0.0329. The van der Waals surface area contributed by atoms with E-state index in [1.54, 1.807) is 18.2 Å². The third kappa shape index (κ3) is 6.71. The lowest BCUT2D eigenvalue weighted by molar-refractivity contribution is -0.121. The smallest absolute Gasteiger partial charge is 0.220 e. The van der Waals surface area contributed by atoms with E-state index in [2.05, 4.69) is 17.2 Å². The Morgan fingerprint density at radius 3 is 2.86 bits per heavy atom. The van der Waals surface area contributed by atoms with Crippen LogP contribution in [0.15, 0.2) is 18.2 Å². The second-order valence-electron chi connectivity index (χ2n) is 4.70. The lowest BCUT2D eigenvalue weighted by atomic mass is 10.1. The van der Waals surface area contributed by atoms with E-state index in [-0.39, 0.29) is 11.7 Å². The standard InChI is InChI=1S/C17H23NO3/c1-3-4-5-6-7-8-9-17(20)18-13-14-10-11-15(19)16(12-14)21-2/h10-12,19H,3,6-9,13H2,1-2H3,(H,18,20). The van der Waals surface area contributed by atoms with Crippen molar-refractivity contribution >= 4 is 5.91 Å². The third-order valence-corrected chi connectivity index (χ3v) is 2.99. The van der Waals surface area contributed by atoms with Gasteiger partial charge in [-0.15, -0.1) is 11.8 Å². The first-order chi connectivity index (χ1) is 10.2. The normalized spacial score (nSPS) is 9.62. The van der Waals surface area contributed by atoms with Crippen molar-refractivity contribution in [3.8, 4) is 23.3 Å². The van der Waals surface area contributed by atoms with Crippen LogP contribution in [0.25, 0.3) is 0 Å². The summed E-state index contributed by atoms with van der Waals surface area (Å²) < 4.78 is 5.03. The summed E-state index contributed by atoms with van der Waals surface area (Å²) in [6, 6.07) is 5.04. The zero-order valence-corrected chi connectivity index (χ0v) is 12.7. The van der Waals surface area contributed by atoms with E-state index < -0.39 is 0 Å². The van der Waals surface area contributed by atoms with E-state index in [0.29, 0.717) is 18.7 Å². The van der Waals surface area contributed by atoms with Gasteiger partial charge in [0.25, 0.3) is 0 Å². The molecule has 4 nitrogen and oxygen atoms in total. The minimum Gasteiger partial charge on any atom is -0.504 e. The van der Waals surface area contributed by atoms with Crippen molar-refractivity contribution in [2.75, 3.05) is 7.11 Å². The van der Waals surface area contributed by atoms with Crippen LogP contribution >= 0.6 is 0 Å². The number of hydrogen-bond acceptors (Lipinski definition) is 3. The van der Waals surface area contributed by atoms with Crippen molar-refractivity contribution in [3.63, 3.8) is 0 Å². The molecule has 21 heavy (non-hydrogen) atoms. The van der Waals surface area contributed by atoms with Gasteiger partial charge in [0.05, 0.1) is 7.11 Å². The third-order valence-electron chi connectivity index (χ3n) is 2.99. The van der Waals surface area contributed by atoms with Crippen molar-refractivity contribution in [1.82, 2.24) is 5.32 Å². The molecule has 0 saturated carbocycles. The van der Waals surface area contributed by atoms with Gasteiger partial charge in [-0.1, -0.05) is 13.0 Å². The highest BCUT2D eigenvalue weighted by Crippen LogP contribution is 2.26. The first-order valence-electron chi connectivity index (χ1n) is 7.25. The van der Waals surface area contributed by atoms with Gasteiger partial charge >= 0.3 is 0 Å². The second kappa shape index (κ2) is 9.71. The molecule has 0 heterocycles. The average Bonchev–Trinajstić information content (AvgIpc) is 2.50. The van der Waals surface area contributed by atoms with E-state index in [0.717, 1.165) is 31.2 Å². The molecule has 1 aromatic rings. The maximum absolute atomic E-state index is 11.7. The summed E-state index contributed by atoms with van der Waals surface area (Å²) in [5.74, 6) is 6.62. The van der Waals surface area contributed by atoms with Gasteiger partial charge in [0.2, 0.25) is 5.91 Å². The Bertz CT molecular complexity index is 515. The van der Waals surface area contributed by atoms with Gasteiger partial charge in [0.15, 0.2) is 11.5 Å². The number of benzene rings is 1. The molecule has 114 valence electrons. The first-order valence-corrected chi connectivity index (χ1v) is 7.25. The van der Waals surface area contributed by atoms with Crippen LogP contribution < -0.4 is 10.1 Å². The molecule has 1 amide bonds. The maximum Gasteiger partial charge on any atom is 0.220 e. The lowest BCUT2D eigenvalue weighted by Crippen LogP contribution is -2.22. The van der Waals surface area contributed by atoms with E-state index in [4.69, 9.17) is 4.74 Å². The first kappa shape index (κ1) is 16.9. The number of unbranched alkanes of at least 4 members (excludes halogenated alkanes) is 2. The number of carbonyl (C=O) groups excluding carboxylic acids is 1. The molecule has 1 aromatic carbocycles. The van der Waals surface area contributed by atoms with Gasteiger partial charge in [-0.2, -0.15) is 0 Å². The summed E-state index contributed by atoms with van der Waals surface area (Å²) in [6.45, 7) is 2.46. The minimum atomic E-state index is 0.0329. The Morgan fingerprint density at radius 1 is 1.33 bits per heavy atom. The SMILES string of the molecule is CCC#CCCCCC(=O)NCc1ccc(O)c(OC)c1. The average molecular weight is 289 g/mol. The summed E-state index contributed by atoms with van der Waals surface area (Å²) in [7, 11) is 1.50. The van der Waals surface area contributed by atoms with Crippen LogP contribution in [0.3, 0.4) is 0 Å². The zero-order chi connectivity index (χ0) is 15.5. The Hall–Kier alpha value is -2.15. The van der Waals surface area contributed by atoms with Crippen molar-refractivity contribution in [3.05, 3.63) is 23.8 Å². The Labute approximate surface area is 126 Å². The summed E-state index contributed by atoms with van der Waals surface area (Å²) in [4.78, 5) is 11.7. The van der Waals surface area contributed by atoms with Crippen molar-refractivity contribution < 1.29 is 14.6 Å². The molecule has 0 aliphatic carbocycles. The predicted octanol–water partition coefficient (Wildman–Crippen LogP) is 2.99. The monoisotopic (exact) mass is 289 g/mol. The summed E-state index contributed by atoms with van der Waals surface area (Å²) in [5.41, 5.74) is 0.895. The van der Waals surface area contributed by atoms with Crippen molar-refractivity contribution in [1.29, 1.82) is 0 Å². The second-order valence-corrected chi connectivity index (χ2v) is 4.70. The molecule has 0 spiro atoms. The number of aromatic hydroxyl groups is 1.